The van der Waals surface area contributed by atoms with Gasteiger partial charge in [0.15, 0.2) is 0 Å². The minimum Gasteiger partial charge on any atom is -0.386 e. The molecule has 0 saturated carbocycles. The van der Waals surface area contributed by atoms with E-state index in [1.165, 1.54) is 31.4 Å². The summed E-state index contributed by atoms with van der Waals surface area (Å²) in [6.07, 6.45) is 7.50. The molecule has 0 fully saturated rings. The normalized spacial score (nSPS) is 26.6. The summed E-state index contributed by atoms with van der Waals surface area (Å²) in [5, 5.41) is 3.49. The molecule has 1 heterocycles. The summed E-state index contributed by atoms with van der Waals surface area (Å²) in [5.74, 6) is 0. The van der Waals surface area contributed by atoms with Gasteiger partial charge < -0.3 is 5.32 Å². The molecule has 0 radical (unpaired) electrons. The van der Waals surface area contributed by atoms with Crippen LogP contribution in [0.5, 0.6) is 0 Å². The largest absolute Gasteiger partial charge is 0.386 e. The van der Waals surface area contributed by atoms with E-state index in [2.05, 4.69) is 25.2 Å². The van der Waals surface area contributed by atoms with E-state index >= 15 is 0 Å². The third kappa shape index (κ3) is 2.05. The highest BCUT2D eigenvalue weighted by atomic mass is 14.9. The zero-order valence-corrected chi connectivity index (χ0v) is 6.98. The zero-order valence-electron chi connectivity index (χ0n) is 6.98. The van der Waals surface area contributed by atoms with Gasteiger partial charge in [0.25, 0.3) is 0 Å². The fraction of sp³-hybridized carbons (Fsp3) is 0.778. The van der Waals surface area contributed by atoms with Crippen molar-refractivity contribution in [3.05, 3.63) is 11.8 Å². The van der Waals surface area contributed by atoms with Gasteiger partial charge in [0.2, 0.25) is 0 Å². The first kappa shape index (κ1) is 7.64. The molecular weight excluding hydrogens is 122 g/mol. The number of nitrogens with one attached hydrogen (secondary N) is 1. The number of rotatable bonds is 1. The molecular formula is C9H17N. The number of allylic oxidation sites excluding steroid dienone is 2. The molecule has 0 aromatic carbocycles. The lowest BCUT2D eigenvalue weighted by atomic mass is 10.1. The average molecular weight is 139 g/mol. The van der Waals surface area contributed by atoms with E-state index in [1.54, 1.807) is 0 Å². The second kappa shape index (κ2) is 3.65. The van der Waals surface area contributed by atoms with Gasteiger partial charge in [-0.25, -0.2) is 0 Å². The molecule has 1 N–H and O–H groups in total. The molecule has 0 saturated heterocycles. The van der Waals surface area contributed by atoms with E-state index < -0.39 is 0 Å². The molecule has 1 heteroatoms. The molecule has 58 valence electrons. The van der Waals surface area contributed by atoms with E-state index in [4.69, 9.17) is 0 Å². The molecule has 1 aliphatic rings. The maximum atomic E-state index is 3.49. The van der Waals surface area contributed by atoms with E-state index in [-0.39, 0.29) is 0 Å². The number of hydrogen-bond donors (Lipinski definition) is 1. The Hall–Kier alpha value is -0.460. The smallest absolute Gasteiger partial charge is 0.0255 e. The average Bonchev–Trinajstić information content (AvgIpc) is 2.13. The predicted molar refractivity (Wildman–Crippen MR) is 44.8 cm³/mol. The van der Waals surface area contributed by atoms with Gasteiger partial charge in [0.05, 0.1) is 0 Å². The Kier molecular flexibility index (Phi) is 2.79. The Morgan fingerprint density at radius 3 is 3.20 bits per heavy atom. The molecule has 1 nitrogen and oxygen atoms in total. The molecule has 0 aliphatic carbocycles. The first-order chi connectivity index (χ1) is 4.83. The quantitative estimate of drug-likeness (QED) is 0.588. The van der Waals surface area contributed by atoms with Crippen molar-refractivity contribution >= 4 is 0 Å². The highest BCUT2D eigenvalue weighted by molar-refractivity contribution is 4.99. The van der Waals surface area contributed by atoms with Gasteiger partial charge in [-0.3, -0.25) is 0 Å². The van der Waals surface area contributed by atoms with Crippen molar-refractivity contribution < 1.29 is 0 Å². The molecule has 0 amide bonds. The molecule has 1 unspecified atom stereocenters. The fourth-order valence-electron chi connectivity index (χ4n) is 1.44. The fourth-order valence-corrected chi connectivity index (χ4v) is 1.44. The Bertz CT molecular complexity index is 127. The van der Waals surface area contributed by atoms with Crippen molar-refractivity contribution in [1.82, 2.24) is 5.32 Å². The van der Waals surface area contributed by atoms with Crippen molar-refractivity contribution in [2.45, 2.75) is 45.6 Å². The van der Waals surface area contributed by atoms with Gasteiger partial charge in [-0.1, -0.05) is 13.0 Å². The van der Waals surface area contributed by atoms with Gasteiger partial charge in [-0.05, 0) is 32.6 Å². The Morgan fingerprint density at radius 1 is 1.70 bits per heavy atom. The van der Waals surface area contributed by atoms with Crippen LogP contribution in [-0.4, -0.2) is 6.04 Å². The lowest BCUT2D eigenvalue weighted by Crippen LogP contribution is -2.25. The van der Waals surface area contributed by atoms with Crippen molar-refractivity contribution in [2.24, 2.45) is 0 Å². The van der Waals surface area contributed by atoms with E-state index in [1.807, 2.05) is 0 Å². The van der Waals surface area contributed by atoms with Crippen LogP contribution in [0.15, 0.2) is 11.8 Å². The van der Waals surface area contributed by atoms with Crippen LogP contribution in [0.3, 0.4) is 0 Å². The second-order valence-corrected chi connectivity index (χ2v) is 3.07. The van der Waals surface area contributed by atoms with E-state index in [0.717, 1.165) is 6.04 Å². The monoisotopic (exact) mass is 139 g/mol. The molecule has 0 aromatic rings. The van der Waals surface area contributed by atoms with Gasteiger partial charge in [-0.15, -0.1) is 0 Å². The second-order valence-electron chi connectivity index (χ2n) is 3.07. The SMILES string of the molecule is CCC1CCCC=C(C)N1. The van der Waals surface area contributed by atoms with Crippen LogP contribution in [0.2, 0.25) is 0 Å². The molecule has 1 aliphatic heterocycles. The van der Waals surface area contributed by atoms with E-state index in [9.17, 15) is 0 Å². The molecule has 10 heavy (non-hydrogen) atoms. The topological polar surface area (TPSA) is 12.0 Å². The van der Waals surface area contributed by atoms with Crippen molar-refractivity contribution in [3.63, 3.8) is 0 Å². The summed E-state index contributed by atoms with van der Waals surface area (Å²) in [4.78, 5) is 0. The third-order valence-electron chi connectivity index (χ3n) is 2.13. The maximum absolute atomic E-state index is 3.49. The van der Waals surface area contributed by atoms with Gasteiger partial charge in [0, 0.05) is 11.7 Å². The van der Waals surface area contributed by atoms with Gasteiger partial charge >= 0.3 is 0 Å². The maximum Gasteiger partial charge on any atom is 0.0255 e. The van der Waals surface area contributed by atoms with Crippen LogP contribution >= 0.6 is 0 Å². The predicted octanol–water partition coefficient (Wildman–Crippen LogP) is 2.44. The number of hydrogen-bond acceptors (Lipinski definition) is 1. The first-order valence-electron chi connectivity index (χ1n) is 4.26. The molecule has 1 rings (SSSR count). The van der Waals surface area contributed by atoms with Crippen molar-refractivity contribution in [3.8, 4) is 0 Å². The summed E-state index contributed by atoms with van der Waals surface area (Å²) in [5.41, 5.74) is 1.37. The lowest BCUT2D eigenvalue weighted by molar-refractivity contribution is 0.512. The van der Waals surface area contributed by atoms with Crippen LogP contribution in [0.4, 0.5) is 0 Å². The summed E-state index contributed by atoms with van der Waals surface area (Å²) in [6, 6.07) is 0.735. The standard InChI is InChI=1S/C9H17N/c1-3-9-7-5-4-6-8(2)10-9/h6,9-10H,3-5,7H2,1-2H3. The molecule has 0 aromatic heterocycles. The Balaban J connectivity index is 2.43. The van der Waals surface area contributed by atoms with Crippen molar-refractivity contribution in [2.75, 3.05) is 0 Å². The third-order valence-corrected chi connectivity index (χ3v) is 2.13. The molecule has 0 bridgehead atoms. The molecule has 1 atom stereocenters. The summed E-state index contributed by atoms with van der Waals surface area (Å²) in [7, 11) is 0. The van der Waals surface area contributed by atoms with Crippen molar-refractivity contribution in [1.29, 1.82) is 0 Å². The van der Waals surface area contributed by atoms with Crippen LogP contribution in [0.25, 0.3) is 0 Å². The summed E-state index contributed by atoms with van der Waals surface area (Å²) < 4.78 is 0. The Labute approximate surface area is 63.5 Å². The molecule has 0 spiro atoms. The van der Waals surface area contributed by atoms with Crippen LogP contribution in [0.1, 0.15) is 39.5 Å². The highest BCUT2D eigenvalue weighted by Gasteiger charge is 2.07. The summed E-state index contributed by atoms with van der Waals surface area (Å²) in [6.45, 7) is 4.41. The van der Waals surface area contributed by atoms with Crippen LogP contribution in [0, 0.1) is 0 Å². The first-order valence-corrected chi connectivity index (χ1v) is 4.26. The summed E-state index contributed by atoms with van der Waals surface area (Å²) >= 11 is 0. The van der Waals surface area contributed by atoms with Crippen LogP contribution < -0.4 is 5.32 Å². The lowest BCUT2D eigenvalue weighted by Gasteiger charge is -2.14. The minimum absolute atomic E-state index is 0.735. The zero-order chi connectivity index (χ0) is 7.40. The highest BCUT2D eigenvalue weighted by Crippen LogP contribution is 2.11. The van der Waals surface area contributed by atoms with Crippen LogP contribution in [-0.2, 0) is 0 Å². The van der Waals surface area contributed by atoms with Gasteiger partial charge in [-0.2, -0.15) is 0 Å². The Morgan fingerprint density at radius 2 is 2.50 bits per heavy atom. The van der Waals surface area contributed by atoms with Gasteiger partial charge in [0.1, 0.15) is 0 Å². The van der Waals surface area contributed by atoms with E-state index in [0.29, 0.717) is 0 Å². The minimum atomic E-state index is 0.735.